The van der Waals surface area contributed by atoms with Gasteiger partial charge < -0.3 is 14.2 Å². The van der Waals surface area contributed by atoms with Crippen molar-refractivity contribution >= 4 is 11.9 Å². The molecule has 2 aliphatic heterocycles. The zero-order valence-electron chi connectivity index (χ0n) is 12.0. The highest BCUT2D eigenvalue weighted by Crippen LogP contribution is 2.60. The van der Waals surface area contributed by atoms with Gasteiger partial charge in [-0.25, -0.2) is 0 Å². The Morgan fingerprint density at radius 1 is 1.00 bits per heavy atom. The Labute approximate surface area is 113 Å². The van der Waals surface area contributed by atoms with Gasteiger partial charge in [-0.15, -0.1) is 0 Å². The quantitative estimate of drug-likeness (QED) is 0.727. The number of rotatable bonds is 4. The van der Waals surface area contributed by atoms with Crippen molar-refractivity contribution in [3.63, 3.8) is 0 Å². The molecule has 19 heavy (non-hydrogen) atoms. The topological polar surface area (TPSA) is 61.8 Å². The molecule has 0 N–H and O–H groups in total. The molecule has 0 spiro atoms. The highest BCUT2D eigenvalue weighted by molar-refractivity contribution is 5.90. The maximum Gasteiger partial charge on any atom is 0.315 e. The van der Waals surface area contributed by atoms with Crippen LogP contribution in [0.3, 0.4) is 0 Å². The Balaban J connectivity index is 2.39. The molecule has 0 aromatic rings. The molecule has 0 amide bonds. The van der Waals surface area contributed by atoms with Crippen LogP contribution in [0.5, 0.6) is 0 Å². The third-order valence-corrected chi connectivity index (χ3v) is 4.79. The number of fused-ring (bicyclic) bond motifs is 2. The summed E-state index contributed by atoms with van der Waals surface area (Å²) in [5, 5.41) is 0. The van der Waals surface area contributed by atoms with Crippen LogP contribution in [-0.4, -0.2) is 37.4 Å². The number of hydrogen-bond acceptors (Lipinski definition) is 5. The first-order valence-electron chi connectivity index (χ1n) is 6.92. The normalized spacial score (nSPS) is 40.2. The van der Waals surface area contributed by atoms with Gasteiger partial charge in [-0.1, -0.05) is 0 Å². The molecule has 0 aromatic heterocycles. The van der Waals surface area contributed by atoms with Crippen LogP contribution >= 0.6 is 0 Å². The Kier molecular flexibility index (Phi) is 3.60. The lowest BCUT2D eigenvalue weighted by Crippen LogP contribution is -2.56. The van der Waals surface area contributed by atoms with E-state index in [9.17, 15) is 9.59 Å². The monoisotopic (exact) mass is 270 g/mol. The number of esters is 2. The summed E-state index contributed by atoms with van der Waals surface area (Å²) in [7, 11) is 0. The molecule has 0 aliphatic carbocycles. The molecule has 2 rings (SSSR count). The first-order valence-corrected chi connectivity index (χ1v) is 6.92. The van der Waals surface area contributed by atoms with Crippen molar-refractivity contribution in [2.24, 2.45) is 10.8 Å². The molecule has 108 valence electrons. The third-order valence-electron chi connectivity index (χ3n) is 4.79. The fraction of sp³-hybridized carbons (Fsp3) is 0.857. The molecule has 2 heterocycles. The predicted octanol–water partition coefficient (Wildman–Crippen LogP) is 1.69. The van der Waals surface area contributed by atoms with Crippen molar-refractivity contribution in [3.8, 4) is 0 Å². The van der Waals surface area contributed by atoms with E-state index >= 15 is 0 Å². The maximum atomic E-state index is 12.4. The smallest absolute Gasteiger partial charge is 0.315 e. The van der Waals surface area contributed by atoms with Crippen LogP contribution in [0.2, 0.25) is 0 Å². The van der Waals surface area contributed by atoms with Crippen molar-refractivity contribution in [1.82, 2.24) is 0 Å². The number of carbonyl (C=O) groups is 2. The van der Waals surface area contributed by atoms with Gasteiger partial charge in [0.2, 0.25) is 0 Å². The Morgan fingerprint density at radius 2 is 1.37 bits per heavy atom. The van der Waals surface area contributed by atoms with E-state index in [1.807, 2.05) is 0 Å². The maximum absolute atomic E-state index is 12.4. The number of hydrogen-bond donors (Lipinski definition) is 0. The molecule has 5 heteroatoms. The average molecular weight is 270 g/mol. The van der Waals surface area contributed by atoms with Crippen LogP contribution in [0.15, 0.2) is 0 Å². The van der Waals surface area contributed by atoms with E-state index in [1.54, 1.807) is 27.7 Å². The minimum absolute atomic E-state index is 0.258. The molecule has 4 unspecified atom stereocenters. The van der Waals surface area contributed by atoms with Gasteiger partial charge in [0.15, 0.2) is 0 Å². The number of carbonyl (C=O) groups excluding carboxylic acids is 2. The molecule has 2 bridgehead atoms. The molecular formula is C14H22O5. The van der Waals surface area contributed by atoms with Crippen LogP contribution in [0.25, 0.3) is 0 Å². The van der Waals surface area contributed by atoms with Gasteiger partial charge in [0.25, 0.3) is 0 Å². The molecule has 0 aromatic carbocycles. The highest BCUT2D eigenvalue weighted by Gasteiger charge is 2.72. The summed E-state index contributed by atoms with van der Waals surface area (Å²) in [6, 6.07) is 0. The summed E-state index contributed by atoms with van der Waals surface area (Å²) in [4.78, 5) is 24.7. The summed E-state index contributed by atoms with van der Waals surface area (Å²) < 4.78 is 16.2. The Bertz CT molecular complexity index is 357. The van der Waals surface area contributed by atoms with Gasteiger partial charge >= 0.3 is 11.9 Å². The van der Waals surface area contributed by atoms with Gasteiger partial charge in [0.05, 0.1) is 25.4 Å². The van der Waals surface area contributed by atoms with Crippen molar-refractivity contribution < 1.29 is 23.8 Å². The van der Waals surface area contributed by atoms with Crippen LogP contribution in [0.4, 0.5) is 0 Å². The van der Waals surface area contributed by atoms with E-state index in [0.29, 0.717) is 13.2 Å². The van der Waals surface area contributed by atoms with E-state index in [2.05, 4.69) is 0 Å². The molecule has 2 fully saturated rings. The van der Waals surface area contributed by atoms with Crippen LogP contribution in [0.1, 0.15) is 40.5 Å². The second-order valence-electron chi connectivity index (χ2n) is 5.54. The second-order valence-corrected chi connectivity index (χ2v) is 5.54. The van der Waals surface area contributed by atoms with E-state index in [4.69, 9.17) is 14.2 Å². The lowest BCUT2D eigenvalue weighted by Gasteiger charge is -2.42. The molecule has 0 radical (unpaired) electrons. The summed E-state index contributed by atoms with van der Waals surface area (Å²) in [6.45, 7) is 7.65. The van der Waals surface area contributed by atoms with E-state index in [1.165, 1.54) is 0 Å². The molecule has 0 saturated carbocycles. The van der Waals surface area contributed by atoms with E-state index in [-0.39, 0.29) is 24.1 Å². The zero-order chi connectivity index (χ0) is 14.3. The van der Waals surface area contributed by atoms with Crippen LogP contribution < -0.4 is 0 Å². The van der Waals surface area contributed by atoms with E-state index < -0.39 is 10.8 Å². The largest absolute Gasteiger partial charge is 0.465 e. The fourth-order valence-corrected chi connectivity index (χ4v) is 3.40. The first kappa shape index (κ1) is 14.3. The number of ether oxygens (including phenoxy) is 3. The van der Waals surface area contributed by atoms with Crippen molar-refractivity contribution in [3.05, 3.63) is 0 Å². The van der Waals surface area contributed by atoms with Gasteiger partial charge in [-0.3, -0.25) is 9.59 Å². The molecule has 4 atom stereocenters. The minimum Gasteiger partial charge on any atom is -0.465 e. The first-order chi connectivity index (χ1) is 8.92. The molecule has 2 saturated heterocycles. The molecular weight excluding hydrogens is 248 g/mol. The lowest BCUT2D eigenvalue weighted by molar-refractivity contribution is -0.179. The van der Waals surface area contributed by atoms with Gasteiger partial charge in [-0.05, 0) is 40.5 Å². The third kappa shape index (κ3) is 1.71. The van der Waals surface area contributed by atoms with Crippen LogP contribution in [-0.2, 0) is 23.8 Å². The predicted molar refractivity (Wildman–Crippen MR) is 67.4 cm³/mol. The minimum atomic E-state index is -0.960. The highest BCUT2D eigenvalue weighted by atomic mass is 16.6. The van der Waals surface area contributed by atoms with Gasteiger partial charge in [0, 0.05) is 0 Å². The van der Waals surface area contributed by atoms with Gasteiger partial charge in [0.1, 0.15) is 10.8 Å². The summed E-state index contributed by atoms with van der Waals surface area (Å²) >= 11 is 0. The SMILES string of the molecule is CCOC(=O)C1(C)C2CCC(O2)C1(C)C(=O)OCC. The molecule has 2 aliphatic rings. The van der Waals surface area contributed by atoms with Crippen molar-refractivity contribution in [1.29, 1.82) is 0 Å². The summed E-state index contributed by atoms with van der Waals surface area (Å²) in [5.41, 5.74) is -1.92. The average Bonchev–Trinajstić information content (AvgIpc) is 2.93. The van der Waals surface area contributed by atoms with Crippen LogP contribution in [0, 0.1) is 10.8 Å². The summed E-state index contributed by atoms with van der Waals surface area (Å²) in [6.07, 6.45) is 1.06. The van der Waals surface area contributed by atoms with Gasteiger partial charge in [-0.2, -0.15) is 0 Å². The fourth-order valence-electron chi connectivity index (χ4n) is 3.40. The van der Waals surface area contributed by atoms with E-state index in [0.717, 1.165) is 12.8 Å². The lowest BCUT2D eigenvalue weighted by atomic mass is 9.57. The van der Waals surface area contributed by atoms with Crippen molar-refractivity contribution in [2.75, 3.05) is 13.2 Å². The Morgan fingerprint density at radius 3 is 1.68 bits per heavy atom. The molecule has 5 nitrogen and oxygen atoms in total. The van der Waals surface area contributed by atoms with Crippen molar-refractivity contribution in [2.45, 2.75) is 52.7 Å². The Hall–Kier alpha value is -1.10. The standard InChI is InChI=1S/C14H22O5/c1-5-17-11(15)13(3)9-7-8-10(19-9)14(13,4)12(16)18-6-2/h9-10H,5-8H2,1-4H3. The second kappa shape index (κ2) is 4.78. The summed E-state index contributed by atoms with van der Waals surface area (Å²) in [5.74, 6) is -0.726. The zero-order valence-corrected chi connectivity index (χ0v) is 12.0.